The first-order valence-corrected chi connectivity index (χ1v) is 7.96. The number of alkyl halides is 3. The van der Waals surface area contributed by atoms with Gasteiger partial charge in [-0.25, -0.2) is 0 Å². The van der Waals surface area contributed by atoms with Crippen molar-refractivity contribution in [1.29, 1.82) is 0 Å². The number of carbonyl (C=O) groups is 1. The first-order chi connectivity index (χ1) is 10.9. The molecule has 2 unspecified atom stereocenters. The Morgan fingerprint density at radius 3 is 2.38 bits per heavy atom. The van der Waals surface area contributed by atoms with E-state index >= 15 is 0 Å². The van der Waals surface area contributed by atoms with E-state index in [4.69, 9.17) is 4.52 Å². The molecule has 0 spiro atoms. The molecule has 0 bridgehead atoms. The summed E-state index contributed by atoms with van der Waals surface area (Å²) in [5, 5.41) is 6.76. The number of carbonyl (C=O) groups excluding carboxylic acids is 1. The van der Waals surface area contributed by atoms with Gasteiger partial charge >= 0.3 is 6.18 Å². The van der Waals surface area contributed by atoms with Crippen molar-refractivity contribution in [2.24, 2.45) is 0 Å². The van der Waals surface area contributed by atoms with Gasteiger partial charge in [0.1, 0.15) is 11.8 Å². The number of likely N-dealkylation sites (tertiary alicyclic amines) is 1. The van der Waals surface area contributed by atoms with Crippen LogP contribution in [-0.2, 0) is 10.2 Å². The van der Waals surface area contributed by atoms with E-state index in [1.807, 2.05) is 0 Å². The minimum Gasteiger partial charge on any atom is -0.361 e. The maximum absolute atomic E-state index is 12.9. The second kappa shape index (κ2) is 6.38. The third-order valence-electron chi connectivity index (χ3n) is 4.77. The molecule has 24 heavy (non-hydrogen) atoms. The van der Waals surface area contributed by atoms with Crippen LogP contribution in [0.25, 0.3) is 0 Å². The number of nitrogens with one attached hydrogen (secondary N) is 1. The maximum atomic E-state index is 12.9. The summed E-state index contributed by atoms with van der Waals surface area (Å²) < 4.78 is 43.8. The van der Waals surface area contributed by atoms with E-state index in [0.717, 1.165) is 5.56 Å². The fourth-order valence-electron chi connectivity index (χ4n) is 3.53. The third-order valence-corrected chi connectivity index (χ3v) is 4.77. The molecule has 1 aromatic rings. The van der Waals surface area contributed by atoms with Gasteiger partial charge in [-0.2, -0.15) is 13.2 Å². The summed E-state index contributed by atoms with van der Waals surface area (Å²) in [6.45, 7) is 7.21. The first-order valence-electron chi connectivity index (χ1n) is 7.96. The number of piperidine rings is 1. The molecule has 1 saturated heterocycles. The minimum absolute atomic E-state index is 0.0172. The van der Waals surface area contributed by atoms with Crippen LogP contribution < -0.4 is 5.32 Å². The van der Waals surface area contributed by atoms with E-state index in [-0.39, 0.29) is 24.9 Å². The molecule has 0 radical (unpaired) electrons. The summed E-state index contributed by atoms with van der Waals surface area (Å²) in [5.74, 6) is 0.339. The number of hydrogen-bond acceptors (Lipinski definition) is 4. The molecule has 5 nitrogen and oxygen atoms in total. The van der Waals surface area contributed by atoms with Crippen LogP contribution in [0.4, 0.5) is 13.2 Å². The van der Waals surface area contributed by atoms with Gasteiger partial charge in [-0.1, -0.05) is 5.16 Å². The largest absolute Gasteiger partial charge is 0.404 e. The number of aromatic nitrogens is 1. The topological polar surface area (TPSA) is 58.4 Å². The Kier molecular flexibility index (Phi) is 4.99. The SMILES string of the molecule is Cc1noc(C)c1C(C)(C)C(=O)NC1CCC(C(F)(F)F)N(C)C1. The van der Waals surface area contributed by atoms with Crippen molar-refractivity contribution in [3.8, 4) is 0 Å². The molecule has 0 saturated carbocycles. The van der Waals surface area contributed by atoms with Crippen LogP contribution in [0.3, 0.4) is 0 Å². The molecular weight excluding hydrogens is 323 g/mol. The van der Waals surface area contributed by atoms with Crippen LogP contribution in [0.2, 0.25) is 0 Å². The molecule has 136 valence electrons. The van der Waals surface area contributed by atoms with E-state index in [1.165, 1.54) is 11.9 Å². The number of hydrogen-bond donors (Lipinski definition) is 1. The lowest BCUT2D eigenvalue weighted by molar-refractivity contribution is -0.188. The molecule has 1 N–H and O–H groups in total. The molecule has 1 aliphatic rings. The summed E-state index contributed by atoms with van der Waals surface area (Å²) in [7, 11) is 1.44. The average molecular weight is 347 g/mol. The second-order valence-corrected chi connectivity index (χ2v) is 7.07. The number of rotatable bonds is 3. The van der Waals surface area contributed by atoms with Crippen LogP contribution >= 0.6 is 0 Å². The molecule has 2 atom stereocenters. The molecule has 2 heterocycles. The Bertz CT molecular complexity index is 591. The minimum atomic E-state index is -4.24. The summed E-state index contributed by atoms with van der Waals surface area (Å²) in [6.07, 6.45) is -3.95. The molecule has 2 rings (SSSR count). The predicted molar refractivity (Wildman–Crippen MR) is 82.6 cm³/mol. The van der Waals surface area contributed by atoms with Gasteiger partial charge in [0.25, 0.3) is 0 Å². The van der Waals surface area contributed by atoms with Crippen molar-refractivity contribution in [1.82, 2.24) is 15.4 Å². The summed E-state index contributed by atoms with van der Waals surface area (Å²) in [5.41, 5.74) is 0.496. The van der Waals surface area contributed by atoms with Crippen molar-refractivity contribution < 1.29 is 22.5 Å². The van der Waals surface area contributed by atoms with Gasteiger partial charge in [-0.05, 0) is 47.6 Å². The zero-order valence-corrected chi connectivity index (χ0v) is 14.6. The molecule has 1 fully saturated rings. The Labute approximate surface area is 139 Å². The highest BCUT2D eigenvalue weighted by molar-refractivity contribution is 5.88. The van der Waals surface area contributed by atoms with Crippen molar-refractivity contribution in [2.75, 3.05) is 13.6 Å². The number of amides is 1. The molecule has 1 aliphatic heterocycles. The smallest absolute Gasteiger partial charge is 0.361 e. The van der Waals surface area contributed by atoms with E-state index in [1.54, 1.807) is 27.7 Å². The van der Waals surface area contributed by atoms with Crippen molar-refractivity contribution in [2.45, 2.75) is 64.2 Å². The highest BCUT2D eigenvalue weighted by atomic mass is 19.4. The number of likely N-dealkylation sites (N-methyl/N-ethyl adjacent to an activating group) is 1. The Balaban J connectivity index is 2.06. The Morgan fingerprint density at radius 1 is 1.29 bits per heavy atom. The summed E-state index contributed by atoms with van der Waals surface area (Å²) in [4.78, 5) is 14.0. The monoisotopic (exact) mass is 347 g/mol. The molecule has 0 aliphatic carbocycles. The second-order valence-electron chi connectivity index (χ2n) is 7.07. The third kappa shape index (κ3) is 3.58. The quantitative estimate of drug-likeness (QED) is 0.913. The fraction of sp³-hybridized carbons (Fsp3) is 0.750. The molecular formula is C16H24F3N3O2. The maximum Gasteiger partial charge on any atom is 0.404 e. The first kappa shape index (κ1) is 18.8. The van der Waals surface area contributed by atoms with Crippen LogP contribution in [-0.4, -0.2) is 47.8 Å². The van der Waals surface area contributed by atoms with Gasteiger partial charge in [-0.15, -0.1) is 0 Å². The zero-order chi connectivity index (χ0) is 18.3. The highest BCUT2D eigenvalue weighted by Gasteiger charge is 2.45. The lowest BCUT2D eigenvalue weighted by atomic mass is 9.82. The highest BCUT2D eigenvalue weighted by Crippen LogP contribution is 2.32. The van der Waals surface area contributed by atoms with E-state index in [0.29, 0.717) is 17.9 Å². The zero-order valence-electron chi connectivity index (χ0n) is 14.6. The van der Waals surface area contributed by atoms with E-state index in [9.17, 15) is 18.0 Å². The van der Waals surface area contributed by atoms with Gasteiger partial charge in [0.15, 0.2) is 0 Å². The van der Waals surface area contributed by atoms with E-state index < -0.39 is 17.6 Å². The Morgan fingerprint density at radius 2 is 1.92 bits per heavy atom. The van der Waals surface area contributed by atoms with Crippen LogP contribution in [0, 0.1) is 13.8 Å². The van der Waals surface area contributed by atoms with Gasteiger partial charge in [0, 0.05) is 18.2 Å². The number of halogens is 3. The van der Waals surface area contributed by atoms with Gasteiger partial charge < -0.3 is 9.84 Å². The fourth-order valence-corrected chi connectivity index (χ4v) is 3.53. The van der Waals surface area contributed by atoms with Gasteiger partial charge in [-0.3, -0.25) is 9.69 Å². The Hall–Kier alpha value is -1.57. The number of aryl methyl sites for hydroxylation is 2. The molecule has 8 heteroatoms. The van der Waals surface area contributed by atoms with Crippen molar-refractivity contribution >= 4 is 5.91 Å². The normalized spacial score (nSPS) is 23.3. The van der Waals surface area contributed by atoms with Crippen molar-refractivity contribution in [3.05, 3.63) is 17.0 Å². The number of nitrogens with zero attached hydrogens (tertiary/aromatic N) is 2. The predicted octanol–water partition coefficient (Wildman–Crippen LogP) is 2.71. The van der Waals surface area contributed by atoms with Crippen molar-refractivity contribution in [3.63, 3.8) is 0 Å². The summed E-state index contributed by atoms with van der Waals surface area (Å²) >= 11 is 0. The molecule has 1 amide bonds. The average Bonchev–Trinajstić information content (AvgIpc) is 2.77. The van der Waals surface area contributed by atoms with E-state index in [2.05, 4.69) is 10.5 Å². The van der Waals surface area contributed by atoms with Gasteiger partial charge in [0.05, 0.1) is 11.1 Å². The van der Waals surface area contributed by atoms with Crippen LogP contribution in [0.1, 0.15) is 43.7 Å². The molecule has 1 aromatic heterocycles. The van der Waals surface area contributed by atoms with Gasteiger partial charge in [0.2, 0.25) is 5.91 Å². The van der Waals surface area contributed by atoms with Crippen LogP contribution in [0.5, 0.6) is 0 Å². The standard InChI is InChI=1S/C16H24F3N3O2/c1-9-13(10(2)24-21-9)15(3,4)14(23)20-11-6-7-12(16(17,18)19)22(5)8-11/h11-12H,6-8H2,1-5H3,(H,20,23). The molecule has 0 aromatic carbocycles. The lowest BCUT2D eigenvalue weighted by Gasteiger charge is -2.39. The lowest BCUT2D eigenvalue weighted by Crippen LogP contribution is -2.56. The van der Waals surface area contributed by atoms with Crippen LogP contribution in [0.15, 0.2) is 4.52 Å². The summed E-state index contributed by atoms with van der Waals surface area (Å²) in [6, 6.07) is -1.75.